The number of urea groups is 1. The SMILES string of the molecule is CCN(CC)C(=O)N(C)c1ccc(COc2cc(F)cc(C3(OC)CCOCC3)c2)cc1. The summed E-state index contributed by atoms with van der Waals surface area (Å²) < 4.78 is 31.5. The van der Waals surface area contributed by atoms with E-state index in [9.17, 15) is 9.18 Å². The van der Waals surface area contributed by atoms with Crippen LogP contribution in [0.3, 0.4) is 0 Å². The Morgan fingerprint density at radius 2 is 1.75 bits per heavy atom. The van der Waals surface area contributed by atoms with E-state index in [1.165, 1.54) is 12.1 Å². The van der Waals surface area contributed by atoms with Crippen LogP contribution in [0.15, 0.2) is 42.5 Å². The molecule has 0 N–H and O–H groups in total. The summed E-state index contributed by atoms with van der Waals surface area (Å²) in [6.07, 6.45) is 1.35. The highest BCUT2D eigenvalue weighted by Gasteiger charge is 2.35. The van der Waals surface area contributed by atoms with Crippen molar-refractivity contribution < 1.29 is 23.4 Å². The smallest absolute Gasteiger partial charge is 0.324 e. The summed E-state index contributed by atoms with van der Waals surface area (Å²) in [6.45, 7) is 6.71. The van der Waals surface area contributed by atoms with Gasteiger partial charge in [0.15, 0.2) is 0 Å². The number of amides is 2. The molecule has 7 heteroatoms. The van der Waals surface area contributed by atoms with Crippen molar-refractivity contribution in [1.82, 2.24) is 4.90 Å². The fourth-order valence-corrected chi connectivity index (χ4v) is 4.02. The van der Waals surface area contributed by atoms with Gasteiger partial charge in [-0.3, -0.25) is 4.90 Å². The number of carbonyl (C=O) groups is 1. The van der Waals surface area contributed by atoms with Crippen LogP contribution in [0.25, 0.3) is 0 Å². The van der Waals surface area contributed by atoms with Gasteiger partial charge in [0.1, 0.15) is 18.2 Å². The molecule has 2 amide bonds. The molecule has 3 rings (SSSR count). The molecule has 0 spiro atoms. The minimum atomic E-state index is -0.553. The van der Waals surface area contributed by atoms with Crippen molar-refractivity contribution in [3.63, 3.8) is 0 Å². The van der Waals surface area contributed by atoms with Gasteiger partial charge in [-0.2, -0.15) is 0 Å². The first-order chi connectivity index (χ1) is 15.4. The molecule has 0 unspecified atom stereocenters. The average Bonchev–Trinajstić information content (AvgIpc) is 2.83. The Bertz CT molecular complexity index is 893. The monoisotopic (exact) mass is 444 g/mol. The maximum Gasteiger partial charge on any atom is 0.324 e. The van der Waals surface area contributed by atoms with Crippen LogP contribution < -0.4 is 9.64 Å². The predicted octanol–water partition coefficient (Wildman–Crippen LogP) is 4.95. The average molecular weight is 445 g/mol. The van der Waals surface area contributed by atoms with Crippen LogP contribution in [0.5, 0.6) is 5.75 Å². The molecule has 0 aliphatic carbocycles. The molecule has 2 aromatic rings. The quantitative estimate of drug-likeness (QED) is 0.578. The van der Waals surface area contributed by atoms with Crippen molar-refractivity contribution >= 4 is 11.7 Å². The maximum atomic E-state index is 14.3. The van der Waals surface area contributed by atoms with Gasteiger partial charge in [0, 0.05) is 65.1 Å². The van der Waals surface area contributed by atoms with Gasteiger partial charge in [0.2, 0.25) is 0 Å². The summed E-state index contributed by atoms with van der Waals surface area (Å²) in [5, 5.41) is 0. The Morgan fingerprint density at radius 3 is 2.34 bits per heavy atom. The molecule has 1 fully saturated rings. The zero-order valence-corrected chi connectivity index (χ0v) is 19.4. The molecule has 1 aliphatic heterocycles. The van der Waals surface area contributed by atoms with E-state index in [0.717, 1.165) is 16.8 Å². The zero-order chi connectivity index (χ0) is 23.1. The number of hydrogen-bond donors (Lipinski definition) is 0. The number of carbonyl (C=O) groups excluding carboxylic acids is 1. The molecule has 174 valence electrons. The summed E-state index contributed by atoms with van der Waals surface area (Å²) >= 11 is 0. The van der Waals surface area contributed by atoms with Crippen LogP contribution in [0.1, 0.15) is 37.8 Å². The van der Waals surface area contributed by atoms with Crippen LogP contribution >= 0.6 is 0 Å². The molecular formula is C25H33FN2O4. The molecule has 1 aliphatic rings. The summed E-state index contributed by atoms with van der Waals surface area (Å²) in [5.41, 5.74) is 1.95. The highest BCUT2D eigenvalue weighted by atomic mass is 19.1. The van der Waals surface area contributed by atoms with Crippen molar-refractivity contribution in [2.24, 2.45) is 0 Å². The molecular weight excluding hydrogens is 411 g/mol. The third kappa shape index (κ3) is 5.40. The molecule has 1 heterocycles. The van der Waals surface area contributed by atoms with Gasteiger partial charge in [-0.05, 0) is 49.2 Å². The Balaban J connectivity index is 1.68. The van der Waals surface area contributed by atoms with E-state index in [-0.39, 0.29) is 11.8 Å². The van der Waals surface area contributed by atoms with Gasteiger partial charge in [0.25, 0.3) is 0 Å². The second kappa shape index (κ2) is 10.8. The van der Waals surface area contributed by atoms with Gasteiger partial charge in [-0.15, -0.1) is 0 Å². The van der Waals surface area contributed by atoms with Crippen molar-refractivity contribution in [1.29, 1.82) is 0 Å². The van der Waals surface area contributed by atoms with Gasteiger partial charge in [0.05, 0.1) is 5.60 Å². The van der Waals surface area contributed by atoms with E-state index in [0.29, 0.717) is 51.5 Å². The number of nitrogens with zero attached hydrogens (tertiary/aromatic N) is 2. The van der Waals surface area contributed by atoms with Crippen LogP contribution in [0.4, 0.5) is 14.9 Å². The van der Waals surface area contributed by atoms with Gasteiger partial charge < -0.3 is 19.1 Å². The summed E-state index contributed by atoms with van der Waals surface area (Å²) in [6, 6.07) is 12.3. The first-order valence-electron chi connectivity index (χ1n) is 11.1. The Morgan fingerprint density at radius 1 is 1.09 bits per heavy atom. The van der Waals surface area contributed by atoms with Crippen molar-refractivity contribution in [3.05, 3.63) is 59.4 Å². The van der Waals surface area contributed by atoms with E-state index in [2.05, 4.69) is 0 Å². The second-order valence-corrected chi connectivity index (χ2v) is 7.96. The first-order valence-corrected chi connectivity index (χ1v) is 11.1. The third-order valence-corrected chi connectivity index (χ3v) is 6.14. The molecule has 6 nitrogen and oxygen atoms in total. The lowest BCUT2D eigenvalue weighted by Crippen LogP contribution is -2.41. The van der Waals surface area contributed by atoms with Crippen molar-refractivity contribution in [2.75, 3.05) is 45.4 Å². The molecule has 0 radical (unpaired) electrons. The first kappa shape index (κ1) is 24.0. The summed E-state index contributed by atoms with van der Waals surface area (Å²) in [7, 11) is 3.42. The Kier molecular flexibility index (Phi) is 8.10. The number of rotatable bonds is 8. The minimum absolute atomic E-state index is 0.0357. The lowest BCUT2D eigenvalue weighted by atomic mass is 9.86. The summed E-state index contributed by atoms with van der Waals surface area (Å²) in [4.78, 5) is 15.9. The van der Waals surface area contributed by atoms with E-state index in [1.807, 2.05) is 44.2 Å². The third-order valence-electron chi connectivity index (χ3n) is 6.14. The topological polar surface area (TPSA) is 51.2 Å². The van der Waals surface area contributed by atoms with Gasteiger partial charge in [-0.1, -0.05) is 12.1 Å². The molecule has 2 aromatic carbocycles. The Labute approximate surface area is 189 Å². The molecule has 0 bridgehead atoms. The Hall–Kier alpha value is -2.64. The fourth-order valence-electron chi connectivity index (χ4n) is 4.02. The van der Waals surface area contributed by atoms with E-state index < -0.39 is 5.60 Å². The molecule has 0 aromatic heterocycles. The predicted molar refractivity (Wildman–Crippen MR) is 123 cm³/mol. The molecule has 0 saturated carbocycles. The van der Waals surface area contributed by atoms with Crippen LogP contribution in [-0.2, 0) is 21.7 Å². The fraction of sp³-hybridized carbons (Fsp3) is 0.480. The van der Waals surface area contributed by atoms with Crippen molar-refractivity contribution in [3.8, 4) is 5.75 Å². The van der Waals surface area contributed by atoms with Gasteiger partial charge >= 0.3 is 6.03 Å². The number of methoxy groups -OCH3 is 1. The van der Waals surface area contributed by atoms with Crippen LogP contribution in [0, 0.1) is 5.82 Å². The van der Waals surface area contributed by atoms with Gasteiger partial charge in [-0.25, -0.2) is 9.18 Å². The molecule has 1 saturated heterocycles. The highest BCUT2D eigenvalue weighted by molar-refractivity contribution is 5.91. The lowest BCUT2D eigenvalue weighted by molar-refractivity contribution is -0.0950. The summed E-state index contributed by atoms with van der Waals surface area (Å²) in [5.74, 6) is 0.105. The molecule has 32 heavy (non-hydrogen) atoms. The highest BCUT2D eigenvalue weighted by Crippen LogP contribution is 2.37. The minimum Gasteiger partial charge on any atom is -0.489 e. The number of benzene rings is 2. The number of hydrogen-bond acceptors (Lipinski definition) is 4. The van der Waals surface area contributed by atoms with E-state index in [4.69, 9.17) is 14.2 Å². The zero-order valence-electron chi connectivity index (χ0n) is 19.4. The van der Waals surface area contributed by atoms with Crippen LogP contribution in [-0.4, -0.2) is 51.4 Å². The number of halogens is 1. The molecule has 0 atom stereocenters. The second-order valence-electron chi connectivity index (χ2n) is 7.96. The lowest BCUT2D eigenvalue weighted by Gasteiger charge is -2.36. The standard InChI is InChI=1S/C25H33FN2O4/c1-5-28(6-2)24(29)27(3)22-9-7-19(8-10-22)18-32-23-16-20(15-21(26)17-23)25(30-4)11-13-31-14-12-25/h7-10,15-17H,5-6,11-14,18H2,1-4H3. The van der Waals surface area contributed by atoms with E-state index in [1.54, 1.807) is 24.0 Å². The largest absolute Gasteiger partial charge is 0.489 e. The maximum absolute atomic E-state index is 14.3. The number of anilines is 1. The van der Waals surface area contributed by atoms with E-state index >= 15 is 0 Å². The van der Waals surface area contributed by atoms with Crippen LogP contribution in [0.2, 0.25) is 0 Å². The normalized spacial score (nSPS) is 15.3. The van der Waals surface area contributed by atoms with Crippen molar-refractivity contribution in [2.45, 2.75) is 38.9 Å². The number of ether oxygens (including phenoxy) is 3.